The Hall–Kier alpha value is -3.64. The van der Waals surface area contributed by atoms with Crippen LogP contribution in [0, 0.1) is 5.41 Å². The number of anilines is 1. The number of hydrogen-bond acceptors (Lipinski definition) is 8. The van der Waals surface area contributed by atoms with Crippen LogP contribution in [0.5, 0.6) is 0 Å². The van der Waals surface area contributed by atoms with Crippen LogP contribution < -0.4 is 5.32 Å². The molecule has 2 amide bonds. The van der Waals surface area contributed by atoms with Crippen molar-refractivity contribution in [3.05, 3.63) is 71.7 Å². The van der Waals surface area contributed by atoms with E-state index in [2.05, 4.69) is 54.5 Å². The summed E-state index contributed by atoms with van der Waals surface area (Å²) in [5, 5.41) is 10.5. The number of nitrogens with zero attached hydrogens (tertiary/aromatic N) is 6. The molecule has 0 bridgehead atoms. The summed E-state index contributed by atoms with van der Waals surface area (Å²) >= 11 is 4.74. The van der Waals surface area contributed by atoms with Crippen LogP contribution >= 0.6 is 27.7 Å². The summed E-state index contributed by atoms with van der Waals surface area (Å²) in [7, 11) is 0. The van der Waals surface area contributed by atoms with E-state index in [4.69, 9.17) is 0 Å². The third-order valence-electron chi connectivity index (χ3n) is 7.11. The number of amides is 2. The first-order chi connectivity index (χ1) is 18.8. The molecule has 3 atom stereocenters. The van der Waals surface area contributed by atoms with Crippen LogP contribution in [0.4, 0.5) is 5.82 Å². The number of likely N-dealkylation sites (tertiary alicyclic amines) is 1. The normalized spacial score (nSPS) is 21.9. The highest BCUT2D eigenvalue weighted by atomic mass is 79.9. The molecular weight excluding hydrogens is 582 g/mol. The summed E-state index contributed by atoms with van der Waals surface area (Å²) in [5.74, 6) is -0.380. The minimum atomic E-state index is -0.706. The summed E-state index contributed by atoms with van der Waals surface area (Å²) < 4.78 is 2.08. The van der Waals surface area contributed by atoms with Crippen LogP contribution in [-0.4, -0.2) is 59.4 Å². The van der Waals surface area contributed by atoms with Gasteiger partial charge in [-0.3, -0.25) is 29.0 Å². The quantitative estimate of drug-likeness (QED) is 0.163. The largest absolute Gasteiger partial charge is 0.325 e. The molecule has 1 saturated heterocycles. The smallest absolute Gasteiger partial charge is 0.248 e. The number of hydrogen-bond donors (Lipinski definition) is 1. The van der Waals surface area contributed by atoms with Crippen LogP contribution in [0.3, 0.4) is 0 Å². The Labute approximate surface area is 237 Å². The molecule has 1 N–H and O–H groups in total. The van der Waals surface area contributed by atoms with Crippen molar-refractivity contribution in [1.82, 2.24) is 24.6 Å². The van der Waals surface area contributed by atoms with Crippen LogP contribution in [0.1, 0.15) is 36.7 Å². The standard InChI is InChI=1S/C27H26BrN7O3S/c1-4-30-23(39-5-2)13-27-11-18(26(38)32-22-8-6-7-21(28)31-22)35(20(27)12-27)24(37)15-34-19-14-29-10-9-17(19)25(33-34)16(3)36/h4-10,14,18,20H,1-2,11-13,15H2,3H3,(H,31,32,38)/b30-23-/t18-,20+,27-/m0/s1. The minimum absolute atomic E-state index is 0.129. The molecule has 3 aromatic heterocycles. The molecule has 0 spiro atoms. The molecule has 1 saturated carbocycles. The van der Waals surface area contributed by atoms with Crippen LogP contribution in [-0.2, 0) is 16.1 Å². The molecule has 1 aliphatic heterocycles. The highest BCUT2D eigenvalue weighted by Crippen LogP contribution is 2.62. The third-order valence-corrected chi connectivity index (χ3v) is 8.24. The number of aromatic nitrogens is 4. The molecule has 0 aromatic carbocycles. The zero-order chi connectivity index (χ0) is 27.7. The maximum absolute atomic E-state index is 13.9. The molecule has 3 aromatic rings. The van der Waals surface area contributed by atoms with E-state index in [0.717, 1.165) is 11.5 Å². The molecule has 0 radical (unpaired) electrons. The van der Waals surface area contributed by atoms with E-state index >= 15 is 0 Å². The highest BCUT2D eigenvalue weighted by Gasteiger charge is 2.67. The predicted octanol–water partition coefficient (Wildman–Crippen LogP) is 4.60. The summed E-state index contributed by atoms with van der Waals surface area (Å²) in [6.07, 6.45) is 6.50. The Balaban J connectivity index is 1.45. The number of halogens is 1. The lowest BCUT2D eigenvalue weighted by Crippen LogP contribution is -2.46. The second-order valence-corrected chi connectivity index (χ2v) is 11.4. The van der Waals surface area contributed by atoms with Gasteiger partial charge in [-0.2, -0.15) is 5.10 Å². The van der Waals surface area contributed by atoms with Crippen LogP contribution in [0.25, 0.3) is 10.9 Å². The fourth-order valence-corrected chi connectivity index (χ4v) is 6.43. The van der Waals surface area contributed by atoms with Gasteiger partial charge in [0.25, 0.3) is 0 Å². The zero-order valence-corrected chi connectivity index (χ0v) is 23.6. The predicted molar refractivity (Wildman–Crippen MR) is 154 cm³/mol. The SMILES string of the molecule is C=C/N=C(/C[C@@]12C[C@@H](C(=O)Nc3cccc(Br)n3)N(C(=O)Cn3nc(C(C)=O)c4ccncc43)[C@@H]1C2)SC=C. The Morgan fingerprint density at radius 1 is 1.28 bits per heavy atom. The first-order valence-electron chi connectivity index (χ1n) is 12.3. The Morgan fingerprint density at radius 3 is 2.82 bits per heavy atom. The van der Waals surface area contributed by atoms with Gasteiger partial charge in [0.1, 0.15) is 28.7 Å². The lowest BCUT2D eigenvalue weighted by Gasteiger charge is -2.26. The van der Waals surface area contributed by atoms with Crippen molar-refractivity contribution in [3.63, 3.8) is 0 Å². The molecule has 4 heterocycles. The monoisotopic (exact) mass is 607 g/mol. The molecule has 200 valence electrons. The number of Topliss-reactive ketones (excluding diaryl/α,β-unsaturated/α-hetero) is 1. The van der Waals surface area contributed by atoms with Gasteiger partial charge in [-0.25, -0.2) is 4.98 Å². The van der Waals surface area contributed by atoms with Gasteiger partial charge in [0.15, 0.2) is 5.78 Å². The van der Waals surface area contributed by atoms with Gasteiger partial charge in [-0.15, -0.1) is 0 Å². The summed E-state index contributed by atoms with van der Waals surface area (Å²) in [6.45, 7) is 8.81. The number of aliphatic imine (C=N–C) groups is 1. The van der Waals surface area contributed by atoms with Crippen molar-refractivity contribution in [1.29, 1.82) is 0 Å². The molecule has 1 aliphatic carbocycles. The highest BCUT2D eigenvalue weighted by molar-refractivity contribution is 9.10. The van der Waals surface area contributed by atoms with E-state index in [-0.39, 0.29) is 41.3 Å². The number of carbonyl (C=O) groups is 3. The maximum atomic E-state index is 13.9. The van der Waals surface area contributed by atoms with E-state index in [0.29, 0.717) is 34.2 Å². The topological polar surface area (TPSA) is 122 Å². The molecule has 10 nitrogen and oxygen atoms in total. The Morgan fingerprint density at radius 2 is 2.10 bits per heavy atom. The van der Waals surface area contributed by atoms with E-state index in [1.165, 1.54) is 29.6 Å². The number of ketones is 1. The lowest BCUT2D eigenvalue weighted by atomic mass is 9.95. The molecule has 5 rings (SSSR count). The van der Waals surface area contributed by atoms with Gasteiger partial charge in [0.2, 0.25) is 11.8 Å². The van der Waals surface area contributed by atoms with Gasteiger partial charge in [0, 0.05) is 42.6 Å². The van der Waals surface area contributed by atoms with Crippen molar-refractivity contribution in [2.24, 2.45) is 10.4 Å². The fourth-order valence-electron chi connectivity index (χ4n) is 5.38. The van der Waals surface area contributed by atoms with Crippen molar-refractivity contribution in [2.45, 2.75) is 44.8 Å². The maximum Gasteiger partial charge on any atom is 0.248 e. The molecule has 2 fully saturated rings. The Kier molecular flexibility index (Phi) is 7.50. The number of thioether (sulfide) groups is 1. The third kappa shape index (κ3) is 5.30. The summed E-state index contributed by atoms with van der Waals surface area (Å²) in [6, 6.07) is 6.11. The molecule has 0 unspecified atom stereocenters. The first-order valence-corrected chi connectivity index (χ1v) is 13.9. The molecular formula is C27H26BrN7O3S. The van der Waals surface area contributed by atoms with E-state index < -0.39 is 6.04 Å². The van der Waals surface area contributed by atoms with Crippen molar-refractivity contribution in [3.8, 4) is 0 Å². The number of carbonyl (C=O) groups excluding carboxylic acids is 3. The van der Waals surface area contributed by atoms with Gasteiger partial charge < -0.3 is 10.2 Å². The second-order valence-electron chi connectivity index (χ2n) is 9.56. The van der Waals surface area contributed by atoms with Gasteiger partial charge in [0.05, 0.1) is 16.8 Å². The molecule has 12 heteroatoms. The number of pyridine rings is 2. The van der Waals surface area contributed by atoms with Gasteiger partial charge in [-0.05, 0) is 52.4 Å². The average Bonchev–Trinajstić information content (AvgIpc) is 3.29. The fraction of sp³-hybridized carbons (Fsp3) is 0.296. The van der Waals surface area contributed by atoms with Crippen LogP contribution in [0.15, 0.2) is 71.0 Å². The molecule has 39 heavy (non-hydrogen) atoms. The van der Waals surface area contributed by atoms with Gasteiger partial charge in [-0.1, -0.05) is 31.0 Å². The minimum Gasteiger partial charge on any atom is -0.325 e. The van der Waals surface area contributed by atoms with Crippen LogP contribution in [0.2, 0.25) is 0 Å². The number of rotatable bonds is 9. The lowest BCUT2D eigenvalue weighted by molar-refractivity contribution is -0.138. The molecule has 2 aliphatic rings. The number of nitrogens with one attached hydrogen (secondary N) is 1. The number of fused-ring (bicyclic) bond motifs is 2. The second kappa shape index (κ2) is 10.9. The number of piperidine rings is 1. The summed E-state index contributed by atoms with van der Waals surface area (Å²) in [5.41, 5.74) is 0.585. The van der Waals surface area contributed by atoms with Crippen molar-refractivity contribution < 1.29 is 14.4 Å². The van der Waals surface area contributed by atoms with Crippen molar-refractivity contribution >= 4 is 67.1 Å². The average molecular weight is 609 g/mol. The van der Waals surface area contributed by atoms with E-state index in [9.17, 15) is 14.4 Å². The van der Waals surface area contributed by atoms with E-state index in [1.807, 2.05) is 0 Å². The van der Waals surface area contributed by atoms with Gasteiger partial charge >= 0.3 is 0 Å². The zero-order valence-electron chi connectivity index (χ0n) is 21.2. The van der Waals surface area contributed by atoms with E-state index in [1.54, 1.807) is 47.0 Å². The first kappa shape index (κ1) is 26.9. The van der Waals surface area contributed by atoms with Crippen molar-refractivity contribution in [2.75, 3.05) is 5.32 Å². The summed E-state index contributed by atoms with van der Waals surface area (Å²) in [4.78, 5) is 54.1. The Bertz CT molecular complexity index is 1540.